The lowest BCUT2D eigenvalue weighted by molar-refractivity contribution is 0.746. The Hall–Kier alpha value is -2.18. The van der Waals surface area contributed by atoms with Gasteiger partial charge in [-0.1, -0.05) is 20.8 Å². The highest BCUT2D eigenvalue weighted by Gasteiger charge is 2.15. The minimum Gasteiger partial charge on any atom is -0.370 e. The van der Waals surface area contributed by atoms with Gasteiger partial charge in [-0.15, -0.1) is 0 Å². The van der Waals surface area contributed by atoms with Crippen LogP contribution < -0.4 is 10.6 Å². The lowest BCUT2D eigenvalue weighted by Crippen LogP contribution is -2.12. The van der Waals surface area contributed by atoms with Crippen molar-refractivity contribution in [2.45, 2.75) is 39.7 Å². The predicted molar refractivity (Wildman–Crippen MR) is 83.2 cm³/mol. The van der Waals surface area contributed by atoms with E-state index in [2.05, 4.69) is 51.5 Å². The van der Waals surface area contributed by atoms with E-state index >= 15 is 0 Å². The fourth-order valence-electron chi connectivity index (χ4n) is 2.10. The molecule has 0 amide bonds. The van der Waals surface area contributed by atoms with Crippen molar-refractivity contribution >= 4 is 11.6 Å². The summed E-state index contributed by atoms with van der Waals surface area (Å²) < 4.78 is 1.69. The van der Waals surface area contributed by atoms with Gasteiger partial charge in [0.05, 0.1) is 6.54 Å². The highest BCUT2D eigenvalue weighted by molar-refractivity contribution is 5.58. The van der Waals surface area contributed by atoms with Crippen LogP contribution in [0.3, 0.4) is 0 Å². The maximum absolute atomic E-state index is 4.37. The molecule has 7 nitrogen and oxygen atoms in total. The van der Waals surface area contributed by atoms with Crippen molar-refractivity contribution in [1.29, 1.82) is 0 Å². The molecule has 0 bridgehead atoms. The van der Waals surface area contributed by atoms with Gasteiger partial charge in [0.25, 0.3) is 0 Å². The van der Waals surface area contributed by atoms with Crippen molar-refractivity contribution in [2.24, 2.45) is 7.05 Å². The van der Waals surface area contributed by atoms with E-state index in [1.807, 2.05) is 7.05 Å². The van der Waals surface area contributed by atoms with Crippen LogP contribution in [0.5, 0.6) is 0 Å². The van der Waals surface area contributed by atoms with E-state index < -0.39 is 0 Å². The first-order valence-corrected chi connectivity index (χ1v) is 7.29. The zero-order chi connectivity index (χ0) is 15.2. The summed E-state index contributed by atoms with van der Waals surface area (Å²) in [6.07, 6.45) is 4.33. The van der Waals surface area contributed by atoms with Crippen LogP contribution in [0.2, 0.25) is 0 Å². The van der Waals surface area contributed by atoms with Gasteiger partial charge in [0.15, 0.2) is 5.82 Å². The van der Waals surface area contributed by atoms with Crippen LogP contribution in [-0.4, -0.2) is 31.3 Å². The summed E-state index contributed by atoms with van der Waals surface area (Å²) in [5.41, 5.74) is 1.10. The fraction of sp³-hybridized carbons (Fsp3) is 0.571. The molecule has 0 aliphatic heterocycles. The molecule has 0 radical (unpaired) electrons. The summed E-state index contributed by atoms with van der Waals surface area (Å²) in [5, 5.41) is 10.9. The zero-order valence-corrected chi connectivity index (χ0v) is 13.1. The third-order valence-corrected chi connectivity index (χ3v) is 3.06. The summed E-state index contributed by atoms with van der Waals surface area (Å²) in [6.45, 7) is 7.86. The first kappa shape index (κ1) is 15.2. The number of anilines is 2. The molecule has 7 heteroatoms. The Morgan fingerprint density at radius 2 is 1.86 bits per heavy atom. The van der Waals surface area contributed by atoms with E-state index in [0.29, 0.717) is 12.5 Å². The summed E-state index contributed by atoms with van der Waals surface area (Å²) in [4.78, 5) is 12.9. The highest BCUT2D eigenvalue weighted by Crippen LogP contribution is 2.28. The van der Waals surface area contributed by atoms with Crippen LogP contribution in [0.4, 0.5) is 11.6 Å². The van der Waals surface area contributed by atoms with Crippen molar-refractivity contribution in [3.05, 3.63) is 24.0 Å². The van der Waals surface area contributed by atoms with Gasteiger partial charge in [-0.05, 0) is 12.3 Å². The molecule has 0 fully saturated rings. The van der Waals surface area contributed by atoms with Gasteiger partial charge in [-0.3, -0.25) is 4.68 Å². The molecule has 0 aromatic carbocycles. The normalized spacial score (nSPS) is 10.9. The molecule has 21 heavy (non-hydrogen) atoms. The first-order valence-electron chi connectivity index (χ1n) is 7.29. The SMILES string of the molecule is CCCNc1ncnc(NCc2ncn(C)n2)c1C(C)C. The number of rotatable bonds is 7. The van der Waals surface area contributed by atoms with Crippen molar-refractivity contribution in [3.8, 4) is 0 Å². The Balaban J connectivity index is 2.17. The second kappa shape index (κ2) is 7.01. The number of hydrogen-bond donors (Lipinski definition) is 2. The van der Waals surface area contributed by atoms with Crippen LogP contribution in [0.1, 0.15) is 44.5 Å². The van der Waals surface area contributed by atoms with Crippen LogP contribution in [0.25, 0.3) is 0 Å². The molecule has 2 N–H and O–H groups in total. The largest absolute Gasteiger partial charge is 0.370 e. The molecule has 0 saturated carbocycles. The van der Waals surface area contributed by atoms with Gasteiger partial charge in [-0.25, -0.2) is 15.0 Å². The fourth-order valence-corrected chi connectivity index (χ4v) is 2.10. The lowest BCUT2D eigenvalue weighted by atomic mass is 10.0. The molecule has 2 heterocycles. The molecule has 2 aromatic rings. The molecular weight excluding hydrogens is 266 g/mol. The minimum absolute atomic E-state index is 0.324. The van der Waals surface area contributed by atoms with Gasteiger partial charge >= 0.3 is 0 Å². The number of hydrogen-bond acceptors (Lipinski definition) is 6. The lowest BCUT2D eigenvalue weighted by Gasteiger charge is -2.17. The Labute approximate surface area is 125 Å². The van der Waals surface area contributed by atoms with E-state index in [4.69, 9.17) is 0 Å². The van der Waals surface area contributed by atoms with Gasteiger partial charge < -0.3 is 10.6 Å². The highest BCUT2D eigenvalue weighted by atomic mass is 15.3. The van der Waals surface area contributed by atoms with Crippen molar-refractivity contribution in [1.82, 2.24) is 24.7 Å². The average Bonchev–Trinajstić information content (AvgIpc) is 2.88. The van der Waals surface area contributed by atoms with Gasteiger partial charge in [0.2, 0.25) is 0 Å². The number of nitrogens with zero attached hydrogens (tertiary/aromatic N) is 5. The number of aryl methyl sites for hydroxylation is 1. The first-order chi connectivity index (χ1) is 10.1. The molecule has 0 aliphatic rings. The third-order valence-electron chi connectivity index (χ3n) is 3.06. The molecule has 0 aliphatic carbocycles. The van der Waals surface area contributed by atoms with E-state index in [9.17, 15) is 0 Å². The van der Waals surface area contributed by atoms with Gasteiger partial charge in [0, 0.05) is 19.2 Å². The Morgan fingerprint density at radius 3 is 2.43 bits per heavy atom. The maximum atomic E-state index is 4.37. The molecule has 0 unspecified atom stereocenters. The average molecular weight is 289 g/mol. The quantitative estimate of drug-likeness (QED) is 0.813. The van der Waals surface area contributed by atoms with Crippen LogP contribution in [0, 0.1) is 0 Å². The number of aromatic nitrogens is 5. The van der Waals surface area contributed by atoms with Crippen LogP contribution in [-0.2, 0) is 13.6 Å². The monoisotopic (exact) mass is 289 g/mol. The summed E-state index contributed by atoms with van der Waals surface area (Å²) in [6, 6.07) is 0. The third kappa shape index (κ3) is 3.90. The topological polar surface area (TPSA) is 80.5 Å². The van der Waals surface area contributed by atoms with Crippen LogP contribution in [0.15, 0.2) is 12.7 Å². The summed E-state index contributed by atoms with van der Waals surface area (Å²) in [7, 11) is 1.85. The van der Waals surface area contributed by atoms with E-state index in [1.54, 1.807) is 17.3 Å². The number of nitrogens with one attached hydrogen (secondary N) is 2. The second-order valence-electron chi connectivity index (χ2n) is 5.25. The summed E-state index contributed by atoms with van der Waals surface area (Å²) >= 11 is 0. The van der Waals surface area contributed by atoms with E-state index in [0.717, 1.165) is 36.0 Å². The molecule has 0 atom stereocenters. The van der Waals surface area contributed by atoms with Crippen molar-refractivity contribution in [3.63, 3.8) is 0 Å². The van der Waals surface area contributed by atoms with Gasteiger partial charge in [0.1, 0.15) is 24.3 Å². The zero-order valence-electron chi connectivity index (χ0n) is 13.1. The molecular formula is C14H23N7. The van der Waals surface area contributed by atoms with E-state index in [-0.39, 0.29) is 0 Å². The smallest absolute Gasteiger partial charge is 0.169 e. The predicted octanol–water partition coefficient (Wildman–Crippen LogP) is 2.16. The van der Waals surface area contributed by atoms with Crippen molar-refractivity contribution < 1.29 is 0 Å². The molecule has 0 saturated heterocycles. The van der Waals surface area contributed by atoms with Crippen LogP contribution >= 0.6 is 0 Å². The van der Waals surface area contributed by atoms with Gasteiger partial charge in [-0.2, -0.15) is 5.10 Å². The molecule has 114 valence electrons. The minimum atomic E-state index is 0.324. The van der Waals surface area contributed by atoms with E-state index in [1.165, 1.54) is 0 Å². The maximum Gasteiger partial charge on any atom is 0.169 e. The summed E-state index contributed by atoms with van der Waals surface area (Å²) in [5.74, 6) is 2.81. The Bertz CT molecular complexity index is 576. The Morgan fingerprint density at radius 1 is 1.14 bits per heavy atom. The molecule has 2 rings (SSSR count). The Kier molecular flexibility index (Phi) is 5.08. The molecule has 2 aromatic heterocycles. The van der Waals surface area contributed by atoms with Crippen molar-refractivity contribution in [2.75, 3.05) is 17.2 Å². The standard InChI is InChI=1S/C14H23N7/c1-5-6-15-13-12(10(2)3)14(18-8-17-13)16-7-11-19-9-21(4)20-11/h8-10H,5-7H2,1-4H3,(H2,15,16,17,18). The second-order valence-corrected chi connectivity index (χ2v) is 5.25. The molecule has 0 spiro atoms.